The van der Waals surface area contributed by atoms with Crippen molar-refractivity contribution >= 4 is 45.8 Å². The van der Waals surface area contributed by atoms with Crippen molar-refractivity contribution in [1.82, 2.24) is 20.2 Å². The number of pyridine rings is 2. The Bertz CT molecular complexity index is 1170. The van der Waals surface area contributed by atoms with E-state index in [1.165, 1.54) is 12.8 Å². The van der Waals surface area contributed by atoms with Crippen LogP contribution in [0.3, 0.4) is 0 Å². The predicted molar refractivity (Wildman–Crippen MR) is 126 cm³/mol. The summed E-state index contributed by atoms with van der Waals surface area (Å²) >= 11 is 12.1. The van der Waals surface area contributed by atoms with E-state index in [1.807, 2.05) is 12.1 Å². The summed E-state index contributed by atoms with van der Waals surface area (Å²) in [6, 6.07) is 9.30. The summed E-state index contributed by atoms with van der Waals surface area (Å²) in [6.07, 6.45) is 3.99. The quantitative estimate of drug-likeness (QED) is 0.601. The monoisotopic (exact) mass is 471 g/mol. The van der Waals surface area contributed by atoms with Gasteiger partial charge in [-0.25, -0.2) is 4.98 Å². The molecule has 1 atom stereocenters. The highest BCUT2D eigenvalue weighted by atomic mass is 35.5. The van der Waals surface area contributed by atoms with Gasteiger partial charge in [-0.05, 0) is 55.3 Å². The lowest BCUT2D eigenvalue weighted by molar-refractivity contribution is 0.0943. The molecule has 2 saturated heterocycles. The second-order valence-corrected chi connectivity index (χ2v) is 9.14. The molecule has 2 aliphatic heterocycles. The molecule has 166 valence electrons. The van der Waals surface area contributed by atoms with Gasteiger partial charge in [-0.1, -0.05) is 23.2 Å². The summed E-state index contributed by atoms with van der Waals surface area (Å²) < 4.78 is 0. The van der Waals surface area contributed by atoms with Crippen LogP contribution in [0.1, 0.15) is 28.9 Å². The molecule has 32 heavy (non-hydrogen) atoms. The molecule has 1 unspecified atom stereocenters. The number of carbonyl (C=O) groups is 1. The number of nitrogens with zero attached hydrogens (tertiary/aromatic N) is 4. The van der Waals surface area contributed by atoms with Crippen molar-refractivity contribution in [2.45, 2.75) is 25.4 Å². The third-order valence-corrected chi connectivity index (χ3v) is 6.63. The van der Waals surface area contributed by atoms with Crippen LogP contribution in [-0.2, 0) is 6.54 Å². The largest absolute Gasteiger partial charge is 0.504 e. The van der Waals surface area contributed by atoms with Gasteiger partial charge in [-0.3, -0.25) is 14.7 Å². The van der Waals surface area contributed by atoms with E-state index >= 15 is 0 Å². The van der Waals surface area contributed by atoms with Crippen molar-refractivity contribution < 1.29 is 9.90 Å². The molecule has 2 aromatic heterocycles. The molecule has 2 N–H and O–H groups in total. The van der Waals surface area contributed by atoms with Crippen molar-refractivity contribution in [1.29, 1.82) is 0 Å². The number of rotatable bonds is 4. The van der Waals surface area contributed by atoms with Gasteiger partial charge in [0, 0.05) is 53.8 Å². The average molecular weight is 472 g/mol. The highest BCUT2D eigenvalue weighted by Crippen LogP contribution is 2.34. The van der Waals surface area contributed by atoms with Gasteiger partial charge in [-0.2, -0.15) is 0 Å². The number of amides is 1. The van der Waals surface area contributed by atoms with E-state index in [0.717, 1.165) is 37.1 Å². The van der Waals surface area contributed by atoms with Crippen molar-refractivity contribution in [3.05, 3.63) is 57.8 Å². The molecule has 0 aliphatic carbocycles. The Balaban J connectivity index is 1.46. The fraction of sp³-hybridized carbons (Fsp3) is 0.348. The first kappa shape index (κ1) is 21.2. The fourth-order valence-electron chi connectivity index (χ4n) is 4.67. The standard InChI is InChI=1S/C23H23Cl2N5O2/c24-15-9-14(10-16(25)11-15)12-27-23(32)20-21(31)19-18(4-1-5-26-19)22(28-20)30-8-7-29-6-2-3-17(29)13-30/h1,4-5,9-11,17,31H,2-3,6-8,12-13H2,(H,27,32). The number of carbonyl (C=O) groups excluding carboxylic acids is 1. The van der Waals surface area contributed by atoms with Crippen LogP contribution in [0.2, 0.25) is 10.0 Å². The van der Waals surface area contributed by atoms with Gasteiger partial charge >= 0.3 is 0 Å². The number of fused-ring (bicyclic) bond motifs is 2. The molecule has 2 fully saturated rings. The van der Waals surface area contributed by atoms with Gasteiger partial charge < -0.3 is 15.3 Å². The fourth-order valence-corrected chi connectivity index (χ4v) is 5.24. The summed E-state index contributed by atoms with van der Waals surface area (Å²) in [5, 5.41) is 15.4. The lowest BCUT2D eigenvalue weighted by Crippen LogP contribution is -2.50. The van der Waals surface area contributed by atoms with Crippen LogP contribution in [0.5, 0.6) is 5.75 Å². The summed E-state index contributed by atoms with van der Waals surface area (Å²) in [7, 11) is 0. The smallest absolute Gasteiger partial charge is 0.274 e. The van der Waals surface area contributed by atoms with E-state index in [9.17, 15) is 9.90 Å². The second kappa shape index (κ2) is 8.73. The van der Waals surface area contributed by atoms with Crippen molar-refractivity contribution in [3.63, 3.8) is 0 Å². The number of nitrogens with one attached hydrogen (secondary N) is 1. The van der Waals surface area contributed by atoms with E-state index < -0.39 is 5.91 Å². The number of aromatic hydroxyl groups is 1. The first-order valence-electron chi connectivity index (χ1n) is 10.7. The van der Waals surface area contributed by atoms with Gasteiger partial charge in [0.05, 0.1) is 0 Å². The maximum Gasteiger partial charge on any atom is 0.274 e. The SMILES string of the molecule is O=C(NCc1cc(Cl)cc(Cl)c1)c1nc(N2CCN3CCCC3C2)c2cccnc2c1O. The van der Waals surface area contributed by atoms with Crippen molar-refractivity contribution in [3.8, 4) is 5.75 Å². The zero-order chi connectivity index (χ0) is 22.2. The van der Waals surface area contributed by atoms with Crippen LogP contribution in [0.4, 0.5) is 5.82 Å². The molecule has 0 bridgehead atoms. The van der Waals surface area contributed by atoms with E-state index in [0.29, 0.717) is 27.4 Å². The number of halogens is 2. The Kier molecular flexibility index (Phi) is 5.80. The van der Waals surface area contributed by atoms with Crippen LogP contribution in [0.25, 0.3) is 10.9 Å². The Labute approximate surface area is 196 Å². The van der Waals surface area contributed by atoms with Gasteiger partial charge in [0.15, 0.2) is 11.4 Å². The van der Waals surface area contributed by atoms with Crippen LogP contribution < -0.4 is 10.2 Å². The van der Waals surface area contributed by atoms with E-state index in [1.54, 1.807) is 24.4 Å². The normalized spacial score (nSPS) is 18.7. The Hall–Kier alpha value is -2.61. The molecule has 2 aliphatic rings. The Morgan fingerprint density at radius 3 is 2.81 bits per heavy atom. The molecular weight excluding hydrogens is 449 g/mol. The number of anilines is 1. The molecular formula is C23H23Cl2N5O2. The number of hydrogen-bond donors (Lipinski definition) is 2. The molecule has 1 aromatic carbocycles. The highest BCUT2D eigenvalue weighted by molar-refractivity contribution is 6.34. The Morgan fingerprint density at radius 1 is 1.19 bits per heavy atom. The number of piperazine rings is 1. The van der Waals surface area contributed by atoms with E-state index in [2.05, 4.69) is 25.1 Å². The van der Waals surface area contributed by atoms with Gasteiger partial charge in [0.25, 0.3) is 5.91 Å². The zero-order valence-electron chi connectivity index (χ0n) is 17.4. The minimum atomic E-state index is -0.480. The van der Waals surface area contributed by atoms with Crippen LogP contribution in [-0.4, -0.2) is 58.1 Å². The molecule has 0 spiro atoms. The number of hydrogen-bond acceptors (Lipinski definition) is 6. The zero-order valence-corrected chi connectivity index (χ0v) is 18.9. The van der Waals surface area contributed by atoms with Crippen LogP contribution in [0, 0.1) is 0 Å². The first-order valence-corrected chi connectivity index (χ1v) is 11.4. The highest BCUT2D eigenvalue weighted by Gasteiger charge is 2.32. The minimum absolute atomic E-state index is 0.0341. The number of benzene rings is 1. The third-order valence-electron chi connectivity index (χ3n) is 6.19. The minimum Gasteiger partial charge on any atom is -0.504 e. The topological polar surface area (TPSA) is 81.6 Å². The van der Waals surface area contributed by atoms with Crippen molar-refractivity contribution in [2.75, 3.05) is 31.1 Å². The van der Waals surface area contributed by atoms with E-state index in [4.69, 9.17) is 23.2 Å². The molecule has 7 nitrogen and oxygen atoms in total. The molecule has 0 radical (unpaired) electrons. The summed E-state index contributed by atoms with van der Waals surface area (Å²) in [4.78, 5) is 26.7. The molecule has 3 aromatic rings. The molecule has 1 amide bonds. The molecule has 0 saturated carbocycles. The lowest BCUT2D eigenvalue weighted by Gasteiger charge is -2.38. The van der Waals surface area contributed by atoms with Crippen LogP contribution in [0.15, 0.2) is 36.5 Å². The first-order chi connectivity index (χ1) is 15.5. The van der Waals surface area contributed by atoms with E-state index in [-0.39, 0.29) is 18.0 Å². The van der Waals surface area contributed by atoms with Crippen LogP contribution >= 0.6 is 23.2 Å². The third kappa shape index (κ3) is 4.08. The molecule has 5 rings (SSSR count). The van der Waals surface area contributed by atoms with Gasteiger partial charge in [0.2, 0.25) is 0 Å². The second-order valence-electron chi connectivity index (χ2n) is 8.27. The van der Waals surface area contributed by atoms with Gasteiger partial charge in [-0.15, -0.1) is 0 Å². The average Bonchev–Trinajstić information content (AvgIpc) is 3.25. The maximum atomic E-state index is 13.0. The predicted octanol–water partition coefficient (Wildman–Crippen LogP) is 3.86. The summed E-state index contributed by atoms with van der Waals surface area (Å²) in [5.74, 6) is -0.00853. The maximum absolute atomic E-state index is 13.0. The number of aromatic nitrogens is 2. The van der Waals surface area contributed by atoms with Gasteiger partial charge in [0.1, 0.15) is 11.3 Å². The Morgan fingerprint density at radius 2 is 2.00 bits per heavy atom. The summed E-state index contributed by atoms with van der Waals surface area (Å²) in [6.45, 7) is 3.98. The molecule has 4 heterocycles. The molecule has 9 heteroatoms. The van der Waals surface area contributed by atoms with Crippen molar-refractivity contribution in [2.24, 2.45) is 0 Å². The lowest BCUT2D eigenvalue weighted by atomic mass is 10.1. The summed E-state index contributed by atoms with van der Waals surface area (Å²) in [5.41, 5.74) is 1.10.